The minimum absolute atomic E-state index is 0.0672. The maximum Gasteiger partial charge on any atom is 0.224 e. The molecule has 1 aromatic carbocycles. The van der Waals surface area contributed by atoms with Gasteiger partial charge in [-0.15, -0.1) is 0 Å². The molecule has 0 unspecified atom stereocenters. The quantitative estimate of drug-likeness (QED) is 0.812. The highest BCUT2D eigenvalue weighted by Crippen LogP contribution is 2.26. The van der Waals surface area contributed by atoms with Gasteiger partial charge in [-0.2, -0.15) is 0 Å². The molecule has 1 heterocycles. The molecule has 2 rings (SSSR count). The van der Waals surface area contributed by atoms with Crippen molar-refractivity contribution in [2.24, 2.45) is 0 Å². The van der Waals surface area contributed by atoms with Crippen molar-refractivity contribution in [3.63, 3.8) is 0 Å². The molecule has 0 aliphatic carbocycles. The molecule has 0 radical (unpaired) electrons. The Morgan fingerprint density at radius 2 is 2.22 bits per heavy atom. The number of rotatable bonds is 5. The topological polar surface area (TPSA) is 55.4 Å². The lowest BCUT2D eigenvalue weighted by Gasteiger charge is -2.17. The number of hydrogen-bond donors (Lipinski definition) is 1. The van der Waals surface area contributed by atoms with Crippen molar-refractivity contribution < 1.29 is 14.3 Å². The van der Waals surface area contributed by atoms with Crippen molar-refractivity contribution in [1.29, 1.82) is 0 Å². The van der Waals surface area contributed by atoms with E-state index in [9.17, 15) is 9.59 Å². The molecule has 0 bridgehead atoms. The second-order valence-electron chi connectivity index (χ2n) is 4.52. The van der Waals surface area contributed by atoms with Gasteiger partial charge in [-0.1, -0.05) is 0 Å². The van der Waals surface area contributed by atoms with Crippen LogP contribution < -0.4 is 10.1 Å². The standard InChI is InChI=1S/C14H17NO3/c1-10(16)3-2-8-18-12-5-6-13-11(9-12)4-7-14(17)15-13/h5-6,9H,2-4,7-8H2,1H3,(H,15,17). The molecule has 0 atom stereocenters. The van der Waals surface area contributed by atoms with Crippen LogP contribution in [-0.2, 0) is 16.0 Å². The van der Waals surface area contributed by atoms with Gasteiger partial charge in [0.05, 0.1) is 6.61 Å². The maximum atomic E-state index is 11.2. The van der Waals surface area contributed by atoms with Gasteiger partial charge in [0.15, 0.2) is 0 Å². The van der Waals surface area contributed by atoms with Crippen LogP contribution in [0.15, 0.2) is 18.2 Å². The first kappa shape index (κ1) is 12.6. The van der Waals surface area contributed by atoms with Crippen molar-refractivity contribution in [2.75, 3.05) is 11.9 Å². The molecule has 0 saturated carbocycles. The Balaban J connectivity index is 1.91. The number of nitrogens with one attached hydrogen (secondary N) is 1. The van der Waals surface area contributed by atoms with Gasteiger partial charge in [0.25, 0.3) is 0 Å². The van der Waals surface area contributed by atoms with Crippen LogP contribution in [0.2, 0.25) is 0 Å². The molecular formula is C14H17NO3. The molecule has 1 N–H and O–H groups in total. The molecule has 4 heteroatoms. The van der Waals surface area contributed by atoms with Gasteiger partial charge >= 0.3 is 0 Å². The van der Waals surface area contributed by atoms with Crippen LogP contribution in [0.4, 0.5) is 5.69 Å². The van der Waals surface area contributed by atoms with Gasteiger partial charge in [-0.3, -0.25) is 4.79 Å². The van der Waals surface area contributed by atoms with E-state index in [1.807, 2.05) is 18.2 Å². The Morgan fingerprint density at radius 3 is 3.00 bits per heavy atom. The molecule has 18 heavy (non-hydrogen) atoms. The molecule has 96 valence electrons. The number of hydrogen-bond acceptors (Lipinski definition) is 3. The minimum atomic E-state index is 0.0672. The monoisotopic (exact) mass is 247 g/mol. The van der Waals surface area contributed by atoms with E-state index in [0.717, 1.165) is 29.8 Å². The summed E-state index contributed by atoms with van der Waals surface area (Å²) in [7, 11) is 0. The Hall–Kier alpha value is -1.84. The number of aryl methyl sites for hydroxylation is 1. The zero-order chi connectivity index (χ0) is 13.0. The predicted octanol–water partition coefficient (Wildman–Crippen LogP) is 2.32. The third-order valence-electron chi connectivity index (χ3n) is 2.91. The van der Waals surface area contributed by atoms with Gasteiger partial charge in [-0.25, -0.2) is 0 Å². The van der Waals surface area contributed by atoms with E-state index in [2.05, 4.69) is 5.32 Å². The molecule has 1 aromatic rings. The number of carbonyl (C=O) groups is 2. The van der Waals surface area contributed by atoms with Gasteiger partial charge in [-0.05, 0) is 43.5 Å². The van der Waals surface area contributed by atoms with Crippen molar-refractivity contribution in [1.82, 2.24) is 0 Å². The summed E-state index contributed by atoms with van der Waals surface area (Å²) < 4.78 is 5.58. The highest BCUT2D eigenvalue weighted by atomic mass is 16.5. The fourth-order valence-corrected chi connectivity index (χ4v) is 1.96. The van der Waals surface area contributed by atoms with Crippen molar-refractivity contribution in [2.45, 2.75) is 32.6 Å². The first-order valence-corrected chi connectivity index (χ1v) is 6.20. The molecule has 0 aromatic heterocycles. The van der Waals surface area contributed by atoms with E-state index in [1.54, 1.807) is 6.92 Å². The molecule has 1 aliphatic rings. The van der Waals surface area contributed by atoms with Crippen molar-refractivity contribution in [3.05, 3.63) is 23.8 Å². The van der Waals surface area contributed by atoms with Gasteiger partial charge in [0, 0.05) is 18.5 Å². The molecule has 0 saturated heterocycles. The van der Waals surface area contributed by atoms with Crippen LogP contribution in [0.25, 0.3) is 0 Å². The lowest BCUT2D eigenvalue weighted by atomic mass is 10.0. The average molecular weight is 247 g/mol. The Labute approximate surface area is 106 Å². The fourth-order valence-electron chi connectivity index (χ4n) is 1.96. The molecule has 1 aliphatic heterocycles. The van der Waals surface area contributed by atoms with E-state index in [4.69, 9.17) is 4.74 Å². The lowest BCUT2D eigenvalue weighted by molar-refractivity contribution is -0.117. The normalized spacial score (nSPS) is 13.7. The summed E-state index contributed by atoms with van der Waals surface area (Å²) in [6.45, 7) is 2.13. The number of ether oxygens (including phenoxy) is 1. The third kappa shape index (κ3) is 3.32. The lowest BCUT2D eigenvalue weighted by Crippen LogP contribution is -2.18. The predicted molar refractivity (Wildman–Crippen MR) is 68.8 cm³/mol. The minimum Gasteiger partial charge on any atom is -0.494 e. The number of ketones is 1. The number of amides is 1. The molecular weight excluding hydrogens is 230 g/mol. The van der Waals surface area contributed by atoms with Gasteiger partial charge in [0.1, 0.15) is 11.5 Å². The Morgan fingerprint density at radius 1 is 1.39 bits per heavy atom. The maximum absolute atomic E-state index is 11.2. The van der Waals surface area contributed by atoms with E-state index in [-0.39, 0.29) is 11.7 Å². The third-order valence-corrected chi connectivity index (χ3v) is 2.91. The van der Waals surface area contributed by atoms with Crippen molar-refractivity contribution in [3.8, 4) is 5.75 Å². The average Bonchev–Trinajstić information content (AvgIpc) is 2.34. The SMILES string of the molecule is CC(=O)CCCOc1ccc2c(c1)CCC(=O)N2. The highest BCUT2D eigenvalue weighted by Gasteiger charge is 2.14. The summed E-state index contributed by atoms with van der Waals surface area (Å²) in [5, 5.41) is 2.83. The highest BCUT2D eigenvalue weighted by molar-refractivity contribution is 5.93. The molecule has 0 spiro atoms. The van der Waals surface area contributed by atoms with E-state index < -0.39 is 0 Å². The Kier molecular flexibility index (Phi) is 3.97. The van der Waals surface area contributed by atoms with E-state index in [1.165, 1.54) is 0 Å². The number of carbonyl (C=O) groups excluding carboxylic acids is 2. The summed E-state index contributed by atoms with van der Waals surface area (Å²) in [5.41, 5.74) is 1.99. The first-order valence-electron chi connectivity index (χ1n) is 6.20. The van der Waals surface area contributed by atoms with Crippen LogP contribution in [0.3, 0.4) is 0 Å². The first-order chi connectivity index (χ1) is 8.65. The second kappa shape index (κ2) is 5.67. The largest absolute Gasteiger partial charge is 0.494 e. The smallest absolute Gasteiger partial charge is 0.224 e. The summed E-state index contributed by atoms with van der Waals surface area (Å²) in [4.78, 5) is 22.0. The number of benzene rings is 1. The molecule has 4 nitrogen and oxygen atoms in total. The number of Topliss-reactive ketones (excluding diaryl/α,β-unsaturated/α-hetero) is 1. The Bertz CT molecular complexity index is 468. The second-order valence-corrected chi connectivity index (χ2v) is 4.52. The molecule has 0 fully saturated rings. The summed E-state index contributed by atoms with van der Waals surface area (Å²) >= 11 is 0. The van der Waals surface area contributed by atoms with Crippen LogP contribution in [0.5, 0.6) is 5.75 Å². The summed E-state index contributed by atoms with van der Waals surface area (Å²) in [6.07, 6.45) is 2.58. The zero-order valence-electron chi connectivity index (χ0n) is 10.5. The van der Waals surface area contributed by atoms with E-state index in [0.29, 0.717) is 19.4 Å². The number of anilines is 1. The summed E-state index contributed by atoms with van der Waals surface area (Å²) in [5.74, 6) is 1.05. The van der Waals surface area contributed by atoms with Crippen LogP contribution in [0, 0.1) is 0 Å². The van der Waals surface area contributed by atoms with Crippen LogP contribution in [0.1, 0.15) is 31.7 Å². The summed E-state index contributed by atoms with van der Waals surface area (Å²) in [6, 6.07) is 5.67. The van der Waals surface area contributed by atoms with Crippen LogP contribution in [-0.4, -0.2) is 18.3 Å². The van der Waals surface area contributed by atoms with Crippen molar-refractivity contribution >= 4 is 17.4 Å². The zero-order valence-corrected chi connectivity index (χ0v) is 10.5. The number of fused-ring (bicyclic) bond motifs is 1. The van der Waals surface area contributed by atoms with Gasteiger partial charge in [0.2, 0.25) is 5.91 Å². The molecule has 1 amide bonds. The van der Waals surface area contributed by atoms with E-state index >= 15 is 0 Å². The fraction of sp³-hybridized carbons (Fsp3) is 0.429. The van der Waals surface area contributed by atoms with Crippen LogP contribution >= 0.6 is 0 Å². The van der Waals surface area contributed by atoms with Gasteiger partial charge < -0.3 is 14.8 Å².